The molecule has 2 rings (SSSR count). The van der Waals surface area contributed by atoms with Crippen molar-refractivity contribution in [2.75, 3.05) is 23.8 Å². The van der Waals surface area contributed by atoms with Crippen LogP contribution in [0.25, 0.3) is 0 Å². The number of aromatic nitrogens is 2. The van der Waals surface area contributed by atoms with Gasteiger partial charge in [0.15, 0.2) is 5.82 Å². The van der Waals surface area contributed by atoms with E-state index in [4.69, 9.17) is 15.6 Å². The summed E-state index contributed by atoms with van der Waals surface area (Å²) in [5, 5.41) is 16.1. The number of nitrogens with two attached hydrogens (primary N) is 1. The SMILES string of the molecule is CCCCn1cc(NC(=O)Nc2ccc(OC(F)(F)F)cc2)nc1C(=O)NCCOC(=O)[C@@H](N)CCC(=O)O.Cl. The van der Waals surface area contributed by atoms with Crippen LogP contribution in [0.4, 0.5) is 29.5 Å². The molecule has 0 aliphatic rings. The number of aryl methyl sites for hydroxylation is 1. The number of nitrogens with zero attached hydrogens (tertiary/aromatic N) is 2. The van der Waals surface area contributed by atoms with E-state index in [1.807, 2.05) is 6.92 Å². The number of nitrogens with one attached hydrogen (secondary N) is 3. The number of hydrogen-bond donors (Lipinski definition) is 5. The lowest BCUT2D eigenvalue weighted by Crippen LogP contribution is -2.35. The molecule has 0 unspecified atom stereocenters. The van der Waals surface area contributed by atoms with Gasteiger partial charge in [-0.1, -0.05) is 13.3 Å². The average molecular weight is 595 g/mol. The third-order valence-electron chi connectivity index (χ3n) is 4.92. The van der Waals surface area contributed by atoms with Gasteiger partial charge < -0.3 is 35.5 Å². The summed E-state index contributed by atoms with van der Waals surface area (Å²) in [5.74, 6) is -2.92. The summed E-state index contributed by atoms with van der Waals surface area (Å²) >= 11 is 0. The monoisotopic (exact) mass is 594 g/mol. The van der Waals surface area contributed by atoms with Gasteiger partial charge in [-0.05, 0) is 37.1 Å². The second kappa shape index (κ2) is 16.1. The van der Waals surface area contributed by atoms with Crippen LogP contribution in [0.15, 0.2) is 30.5 Å². The lowest BCUT2D eigenvalue weighted by molar-refractivity contribution is -0.274. The number of amides is 3. The van der Waals surface area contributed by atoms with Crippen LogP contribution >= 0.6 is 12.4 Å². The first-order chi connectivity index (χ1) is 18.4. The Morgan fingerprint density at radius 2 is 1.82 bits per heavy atom. The van der Waals surface area contributed by atoms with Gasteiger partial charge in [-0.25, -0.2) is 9.78 Å². The first-order valence-electron chi connectivity index (χ1n) is 11.8. The van der Waals surface area contributed by atoms with Crippen molar-refractivity contribution in [1.29, 1.82) is 0 Å². The minimum Gasteiger partial charge on any atom is -0.481 e. The summed E-state index contributed by atoms with van der Waals surface area (Å²) < 4.78 is 47.1. The van der Waals surface area contributed by atoms with E-state index in [0.717, 1.165) is 18.6 Å². The molecule has 17 heteroatoms. The van der Waals surface area contributed by atoms with E-state index in [-0.39, 0.29) is 55.7 Å². The summed E-state index contributed by atoms with van der Waals surface area (Å²) in [4.78, 5) is 51.5. The van der Waals surface area contributed by atoms with Crippen LogP contribution in [0.2, 0.25) is 0 Å². The van der Waals surface area contributed by atoms with Crippen molar-refractivity contribution >= 4 is 47.8 Å². The zero-order valence-electron chi connectivity index (χ0n) is 21.3. The maximum absolute atomic E-state index is 12.7. The highest BCUT2D eigenvalue weighted by molar-refractivity contribution is 5.99. The van der Waals surface area contributed by atoms with Crippen LogP contribution in [0.1, 0.15) is 43.2 Å². The number of halogens is 4. The standard InChI is InChI=1S/C23H29F3N6O7.ClH/c1-2-3-11-32-13-17(31-22(37)29-14-4-6-15(7-5-14)39-23(24,25)26)30-19(32)20(35)28-10-12-38-21(36)16(27)8-9-18(33)34;/h4-7,13,16H,2-3,8-12,27H2,1H3,(H,28,35)(H,33,34)(H2,29,31,37);1H/t16-;/m0./s1. The summed E-state index contributed by atoms with van der Waals surface area (Å²) in [5.41, 5.74) is 5.74. The van der Waals surface area contributed by atoms with Gasteiger partial charge in [0.1, 0.15) is 18.4 Å². The molecule has 13 nitrogen and oxygen atoms in total. The van der Waals surface area contributed by atoms with Crippen molar-refractivity contribution in [2.24, 2.45) is 5.73 Å². The number of carbonyl (C=O) groups excluding carboxylic acids is 3. The number of anilines is 2. The highest BCUT2D eigenvalue weighted by Gasteiger charge is 2.31. The Balaban J connectivity index is 0.00000800. The second-order valence-corrected chi connectivity index (χ2v) is 8.11. The van der Waals surface area contributed by atoms with Crippen molar-refractivity contribution in [1.82, 2.24) is 14.9 Å². The third-order valence-corrected chi connectivity index (χ3v) is 4.92. The van der Waals surface area contributed by atoms with E-state index in [0.29, 0.717) is 13.0 Å². The number of aliphatic carboxylic acids is 1. The maximum atomic E-state index is 12.7. The molecule has 0 bridgehead atoms. The Morgan fingerprint density at radius 3 is 2.42 bits per heavy atom. The minimum atomic E-state index is -4.84. The topological polar surface area (TPSA) is 187 Å². The normalized spacial score (nSPS) is 11.5. The number of unbranched alkanes of at least 4 members (excludes halogenated alkanes) is 1. The van der Waals surface area contributed by atoms with Gasteiger partial charge in [-0.15, -0.1) is 25.6 Å². The van der Waals surface area contributed by atoms with Gasteiger partial charge in [0, 0.05) is 24.8 Å². The number of carbonyl (C=O) groups is 4. The molecule has 0 aliphatic carbocycles. The summed E-state index contributed by atoms with van der Waals surface area (Å²) in [6, 6.07) is 2.64. The number of esters is 1. The van der Waals surface area contributed by atoms with Gasteiger partial charge in [0.2, 0.25) is 5.82 Å². The molecule has 0 fully saturated rings. The minimum absolute atomic E-state index is 0. The summed E-state index contributed by atoms with van der Waals surface area (Å²) in [6.45, 7) is 2.09. The van der Waals surface area contributed by atoms with Crippen molar-refractivity contribution in [2.45, 2.75) is 51.6 Å². The fourth-order valence-electron chi connectivity index (χ4n) is 3.07. The van der Waals surface area contributed by atoms with Crippen molar-refractivity contribution in [3.63, 3.8) is 0 Å². The van der Waals surface area contributed by atoms with Crippen LogP contribution in [-0.2, 0) is 20.9 Å². The zero-order chi connectivity index (χ0) is 29.0. The number of carboxylic acid groups (broad SMARTS) is 1. The predicted molar refractivity (Wildman–Crippen MR) is 138 cm³/mol. The molecule has 6 N–H and O–H groups in total. The van der Waals surface area contributed by atoms with Gasteiger partial charge in [0.05, 0.1) is 6.54 Å². The molecule has 0 spiro atoms. The smallest absolute Gasteiger partial charge is 0.481 e. The van der Waals surface area contributed by atoms with E-state index in [1.165, 1.54) is 22.9 Å². The van der Waals surface area contributed by atoms with Crippen LogP contribution in [-0.4, -0.2) is 64.1 Å². The van der Waals surface area contributed by atoms with E-state index in [2.05, 4.69) is 25.7 Å². The molecule has 0 radical (unpaired) electrons. The van der Waals surface area contributed by atoms with Crippen LogP contribution in [0.5, 0.6) is 5.75 Å². The molecule has 0 saturated heterocycles. The van der Waals surface area contributed by atoms with Crippen LogP contribution in [0, 0.1) is 0 Å². The summed E-state index contributed by atoms with van der Waals surface area (Å²) in [7, 11) is 0. The van der Waals surface area contributed by atoms with Crippen LogP contribution in [0.3, 0.4) is 0 Å². The van der Waals surface area contributed by atoms with E-state index in [9.17, 15) is 32.3 Å². The number of benzene rings is 1. The average Bonchev–Trinajstić information content (AvgIpc) is 3.26. The number of hydrogen-bond acceptors (Lipinski definition) is 8. The molecule has 1 aromatic heterocycles. The number of carboxylic acids is 1. The van der Waals surface area contributed by atoms with Crippen LogP contribution < -0.4 is 26.4 Å². The van der Waals surface area contributed by atoms with Crippen molar-refractivity contribution < 1.29 is 46.9 Å². The molecule has 2 aromatic rings. The Labute approximate surface area is 233 Å². The largest absolute Gasteiger partial charge is 0.573 e. The zero-order valence-corrected chi connectivity index (χ0v) is 22.1. The fourth-order valence-corrected chi connectivity index (χ4v) is 3.07. The Kier molecular flexibility index (Phi) is 13.7. The molecule has 1 atom stereocenters. The quantitative estimate of drug-likeness (QED) is 0.162. The molecule has 222 valence electrons. The molecular formula is C23H30ClF3N6O7. The first kappa shape index (κ1) is 34.0. The number of alkyl halides is 3. The van der Waals surface area contributed by atoms with Gasteiger partial charge >= 0.3 is 24.3 Å². The number of rotatable bonds is 14. The van der Waals surface area contributed by atoms with E-state index in [1.54, 1.807) is 0 Å². The molecular weight excluding hydrogens is 565 g/mol. The molecule has 40 heavy (non-hydrogen) atoms. The molecule has 1 heterocycles. The van der Waals surface area contributed by atoms with E-state index < -0.39 is 42.0 Å². The van der Waals surface area contributed by atoms with E-state index >= 15 is 0 Å². The third kappa shape index (κ3) is 12.2. The fraction of sp³-hybridized carbons (Fsp3) is 0.435. The molecule has 0 saturated carbocycles. The maximum Gasteiger partial charge on any atom is 0.573 e. The van der Waals surface area contributed by atoms with Gasteiger partial charge in [0.25, 0.3) is 5.91 Å². The lowest BCUT2D eigenvalue weighted by Gasteiger charge is -2.11. The first-order valence-corrected chi connectivity index (χ1v) is 11.8. The lowest BCUT2D eigenvalue weighted by atomic mass is 10.2. The highest BCUT2D eigenvalue weighted by Crippen LogP contribution is 2.24. The molecule has 1 aromatic carbocycles. The second-order valence-electron chi connectivity index (χ2n) is 8.11. The van der Waals surface area contributed by atoms with Crippen molar-refractivity contribution in [3.8, 4) is 5.75 Å². The Hall–Kier alpha value is -4.05. The van der Waals surface area contributed by atoms with Gasteiger partial charge in [-0.2, -0.15) is 0 Å². The number of urea groups is 1. The Morgan fingerprint density at radius 1 is 1.15 bits per heavy atom. The predicted octanol–water partition coefficient (Wildman–Crippen LogP) is 3.11. The molecule has 0 aliphatic heterocycles. The number of ether oxygens (including phenoxy) is 2. The number of imidazole rings is 1. The van der Waals surface area contributed by atoms with Crippen molar-refractivity contribution in [3.05, 3.63) is 36.3 Å². The Bertz CT molecular complexity index is 1140. The summed E-state index contributed by atoms with van der Waals surface area (Å²) in [6.07, 6.45) is -2.24. The molecule has 3 amide bonds. The van der Waals surface area contributed by atoms with Gasteiger partial charge in [-0.3, -0.25) is 19.7 Å². The highest BCUT2D eigenvalue weighted by atomic mass is 35.5.